The molecule has 0 atom stereocenters. The Morgan fingerprint density at radius 3 is 3.21 bits per heavy atom. The van der Waals surface area contributed by atoms with Gasteiger partial charge in [-0.3, -0.25) is 0 Å². The lowest BCUT2D eigenvalue weighted by molar-refractivity contribution is 0.531. The zero-order valence-corrected chi connectivity index (χ0v) is 8.11. The number of thiophene rings is 1. The highest BCUT2D eigenvalue weighted by Crippen LogP contribution is 2.19. The molecule has 0 aromatic carbocycles. The molecule has 0 aliphatic heterocycles. The van der Waals surface area contributed by atoms with Gasteiger partial charge in [0.25, 0.3) is 0 Å². The maximum atomic E-state index is 8.38. The maximum Gasteiger partial charge on any atom is 0.214 e. The van der Waals surface area contributed by atoms with Crippen molar-refractivity contribution in [1.29, 1.82) is 5.26 Å². The van der Waals surface area contributed by atoms with Gasteiger partial charge in [0.1, 0.15) is 0 Å². The van der Waals surface area contributed by atoms with E-state index >= 15 is 0 Å². The van der Waals surface area contributed by atoms with Crippen LogP contribution in [0.4, 0.5) is 0 Å². The highest BCUT2D eigenvalue weighted by atomic mass is 32.1. The summed E-state index contributed by atoms with van der Waals surface area (Å²) < 4.78 is 0. The predicted molar refractivity (Wildman–Crippen MR) is 51.4 cm³/mol. The molecule has 2 aromatic rings. The molecular formula is C8H7N5S. The number of hydrogen-bond acceptors (Lipinski definition) is 5. The van der Waals surface area contributed by atoms with E-state index in [1.165, 1.54) is 4.80 Å². The normalized spacial score (nSPS) is 9.93. The summed E-state index contributed by atoms with van der Waals surface area (Å²) in [6.07, 6.45) is 0.403. The summed E-state index contributed by atoms with van der Waals surface area (Å²) in [5.74, 6) is 0.623. The van der Waals surface area contributed by atoms with Crippen LogP contribution in [0.15, 0.2) is 17.5 Å². The average molecular weight is 205 g/mol. The number of nitriles is 1. The fourth-order valence-corrected chi connectivity index (χ4v) is 1.64. The van der Waals surface area contributed by atoms with Crippen molar-refractivity contribution in [3.8, 4) is 16.8 Å². The lowest BCUT2D eigenvalue weighted by Gasteiger charge is -1.89. The van der Waals surface area contributed by atoms with Crippen LogP contribution in [0.1, 0.15) is 6.42 Å². The number of tetrazole rings is 1. The molecule has 0 saturated carbocycles. The molecule has 2 rings (SSSR count). The molecule has 0 amide bonds. The summed E-state index contributed by atoms with van der Waals surface area (Å²) >= 11 is 1.57. The van der Waals surface area contributed by atoms with Crippen molar-refractivity contribution >= 4 is 11.3 Å². The molecule has 0 aliphatic rings. The summed E-state index contributed by atoms with van der Waals surface area (Å²) in [6, 6.07) is 5.92. The van der Waals surface area contributed by atoms with Crippen molar-refractivity contribution in [2.75, 3.05) is 0 Å². The Labute approximate surface area is 84.6 Å². The Morgan fingerprint density at radius 1 is 1.57 bits per heavy atom. The van der Waals surface area contributed by atoms with E-state index in [9.17, 15) is 0 Å². The molecule has 2 aromatic heterocycles. The lowest BCUT2D eigenvalue weighted by atomic mass is 10.4. The average Bonchev–Trinajstić information content (AvgIpc) is 2.85. The van der Waals surface area contributed by atoms with E-state index in [1.807, 2.05) is 23.6 Å². The Balaban J connectivity index is 2.15. The summed E-state index contributed by atoms with van der Waals surface area (Å²) in [5.41, 5.74) is 0. The van der Waals surface area contributed by atoms with Crippen LogP contribution >= 0.6 is 11.3 Å². The Kier molecular flexibility index (Phi) is 2.51. The molecule has 0 saturated heterocycles. The van der Waals surface area contributed by atoms with Crippen LogP contribution in [0.2, 0.25) is 0 Å². The first-order chi connectivity index (χ1) is 6.90. The second kappa shape index (κ2) is 3.98. The molecule has 0 unspecified atom stereocenters. The van der Waals surface area contributed by atoms with E-state index in [2.05, 4.69) is 15.4 Å². The molecule has 6 heteroatoms. The summed E-state index contributed by atoms with van der Waals surface area (Å²) in [7, 11) is 0. The van der Waals surface area contributed by atoms with Gasteiger partial charge in [0.05, 0.1) is 23.9 Å². The summed E-state index contributed by atoms with van der Waals surface area (Å²) in [5, 5.41) is 22.2. The fraction of sp³-hybridized carbons (Fsp3) is 0.250. The van der Waals surface area contributed by atoms with Crippen LogP contribution in [0.25, 0.3) is 10.7 Å². The highest BCUT2D eigenvalue weighted by molar-refractivity contribution is 7.13. The van der Waals surface area contributed by atoms with Crippen LogP contribution in [-0.2, 0) is 6.54 Å². The number of aromatic nitrogens is 4. The SMILES string of the molecule is N#CCCn1nnc(-c2cccs2)n1. The van der Waals surface area contributed by atoms with E-state index < -0.39 is 0 Å². The van der Waals surface area contributed by atoms with Gasteiger partial charge in [0, 0.05) is 0 Å². The topological polar surface area (TPSA) is 67.4 Å². The zero-order valence-electron chi connectivity index (χ0n) is 7.29. The fourth-order valence-electron chi connectivity index (χ4n) is 0.992. The molecule has 14 heavy (non-hydrogen) atoms. The van der Waals surface area contributed by atoms with Crippen molar-refractivity contribution in [3.63, 3.8) is 0 Å². The molecular weight excluding hydrogens is 198 g/mol. The standard InChI is InChI=1S/C8H7N5S/c9-4-2-5-13-11-8(10-12-13)7-3-1-6-14-7/h1,3,6H,2,5H2. The Morgan fingerprint density at radius 2 is 2.50 bits per heavy atom. The summed E-state index contributed by atoms with van der Waals surface area (Å²) in [6.45, 7) is 0.495. The third kappa shape index (κ3) is 1.78. The molecule has 0 spiro atoms. The molecule has 0 aliphatic carbocycles. The van der Waals surface area contributed by atoms with E-state index in [0.29, 0.717) is 18.8 Å². The predicted octanol–water partition coefficient (Wildman–Crippen LogP) is 1.32. The van der Waals surface area contributed by atoms with Gasteiger partial charge < -0.3 is 0 Å². The molecule has 70 valence electrons. The van der Waals surface area contributed by atoms with Gasteiger partial charge in [-0.2, -0.15) is 10.1 Å². The molecule has 0 bridgehead atoms. The molecule has 0 radical (unpaired) electrons. The van der Waals surface area contributed by atoms with Crippen molar-refractivity contribution < 1.29 is 0 Å². The van der Waals surface area contributed by atoms with Crippen LogP contribution in [0.5, 0.6) is 0 Å². The van der Waals surface area contributed by atoms with Gasteiger partial charge in [0.2, 0.25) is 5.82 Å². The van der Waals surface area contributed by atoms with E-state index in [4.69, 9.17) is 5.26 Å². The van der Waals surface area contributed by atoms with Gasteiger partial charge in [0.15, 0.2) is 0 Å². The Bertz CT molecular complexity index is 438. The van der Waals surface area contributed by atoms with Crippen LogP contribution in [0, 0.1) is 11.3 Å². The minimum Gasteiger partial charge on any atom is -0.198 e. The molecule has 0 fully saturated rings. The second-order valence-corrected chi connectivity index (χ2v) is 3.54. The molecule has 0 N–H and O–H groups in total. The molecule has 5 nitrogen and oxygen atoms in total. The van der Waals surface area contributed by atoms with Crippen molar-refractivity contribution in [1.82, 2.24) is 20.2 Å². The third-order valence-electron chi connectivity index (χ3n) is 1.62. The minimum atomic E-state index is 0.403. The van der Waals surface area contributed by atoms with E-state index in [1.54, 1.807) is 11.3 Å². The number of rotatable bonds is 3. The largest absolute Gasteiger partial charge is 0.214 e. The zero-order chi connectivity index (χ0) is 9.80. The van der Waals surface area contributed by atoms with Gasteiger partial charge in [-0.1, -0.05) is 6.07 Å². The first-order valence-corrected chi connectivity index (χ1v) is 4.97. The van der Waals surface area contributed by atoms with Crippen molar-refractivity contribution in [3.05, 3.63) is 17.5 Å². The van der Waals surface area contributed by atoms with Crippen molar-refractivity contribution in [2.24, 2.45) is 0 Å². The quantitative estimate of drug-likeness (QED) is 0.757. The monoisotopic (exact) mass is 205 g/mol. The minimum absolute atomic E-state index is 0.403. The van der Waals surface area contributed by atoms with Crippen LogP contribution in [0.3, 0.4) is 0 Å². The van der Waals surface area contributed by atoms with E-state index in [0.717, 1.165) is 4.88 Å². The first-order valence-electron chi connectivity index (χ1n) is 4.09. The Hall–Kier alpha value is -1.74. The van der Waals surface area contributed by atoms with Crippen LogP contribution < -0.4 is 0 Å². The first kappa shape index (κ1) is 8.84. The number of nitrogens with zero attached hydrogens (tertiary/aromatic N) is 5. The van der Waals surface area contributed by atoms with Gasteiger partial charge >= 0.3 is 0 Å². The third-order valence-corrected chi connectivity index (χ3v) is 2.48. The van der Waals surface area contributed by atoms with Gasteiger partial charge in [-0.25, -0.2) is 0 Å². The van der Waals surface area contributed by atoms with Crippen LogP contribution in [-0.4, -0.2) is 20.2 Å². The summed E-state index contributed by atoms with van der Waals surface area (Å²) in [4.78, 5) is 2.44. The lowest BCUT2D eigenvalue weighted by Crippen LogP contribution is -2.01. The highest BCUT2D eigenvalue weighted by Gasteiger charge is 2.05. The smallest absolute Gasteiger partial charge is 0.198 e. The maximum absolute atomic E-state index is 8.38. The second-order valence-electron chi connectivity index (χ2n) is 2.59. The number of aryl methyl sites for hydroxylation is 1. The van der Waals surface area contributed by atoms with E-state index in [-0.39, 0.29) is 0 Å². The van der Waals surface area contributed by atoms with Gasteiger partial charge in [-0.15, -0.1) is 21.5 Å². The molecule has 2 heterocycles. The van der Waals surface area contributed by atoms with Crippen molar-refractivity contribution in [2.45, 2.75) is 13.0 Å². The number of hydrogen-bond donors (Lipinski definition) is 0. The van der Waals surface area contributed by atoms with Gasteiger partial charge in [-0.05, 0) is 16.7 Å².